The molecule has 32 heavy (non-hydrogen) atoms. The van der Waals surface area contributed by atoms with E-state index in [2.05, 4.69) is 20.5 Å². The molecule has 0 spiro atoms. The molecule has 0 aliphatic heterocycles. The number of aromatic nitrogens is 2. The van der Waals surface area contributed by atoms with Gasteiger partial charge in [0.05, 0.1) is 37.7 Å². The summed E-state index contributed by atoms with van der Waals surface area (Å²) in [6.07, 6.45) is 2.30. The third-order valence-electron chi connectivity index (χ3n) is 4.80. The summed E-state index contributed by atoms with van der Waals surface area (Å²) < 4.78 is 10.6. The summed E-state index contributed by atoms with van der Waals surface area (Å²) in [6, 6.07) is 11.1. The number of hydrogen-bond donors (Lipinski definition) is 2. The summed E-state index contributed by atoms with van der Waals surface area (Å²) in [4.78, 5) is 21.8. The number of fused-ring (bicyclic) bond motifs is 1. The quantitative estimate of drug-likeness (QED) is 0.417. The summed E-state index contributed by atoms with van der Waals surface area (Å²) in [6.45, 7) is 5.93. The molecule has 1 aromatic heterocycles. The van der Waals surface area contributed by atoms with Crippen molar-refractivity contribution in [1.29, 1.82) is 0 Å². The van der Waals surface area contributed by atoms with Gasteiger partial charge in [-0.05, 0) is 31.9 Å². The summed E-state index contributed by atoms with van der Waals surface area (Å²) in [5.41, 5.74) is 5.48. The lowest BCUT2D eigenvalue weighted by atomic mass is 10.0. The van der Waals surface area contributed by atoms with Crippen molar-refractivity contribution in [2.45, 2.75) is 32.9 Å². The molecule has 1 amide bonds. The van der Waals surface area contributed by atoms with E-state index >= 15 is 0 Å². The van der Waals surface area contributed by atoms with Gasteiger partial charge in [0.25, 0.3) is 0 Å². The lowest BCUT2D eigenvalue weighted by Crippen LogP contribution is -2.44. The Morgan fingerprint density at radius 1 is 1.12 bits per heavy atom. The Kier molecular flexibility index (Phi) is 6.77. The van der Waals surface area contributed by atoms with Crippen LogP contribution in [0.5, 0.6) is 11.5 Å². The number of rotatable bonds is 7. The first-order valence-electron chi connectivity index (χ1n) is 9.98. The lowest BCUT2D eigenvalue weighted by Gasteiger charge is -2.33. The van der Waals surface area contributed by atoms with Crippen LogP contribution >= 0.6 is 0 Å². The Bertz CT molecular complexity index is 1120. The molecular formula is C23H27N5O4. The van der Waals surface area contributed by atoms with Crippen molar-refractivity contribution in [3.63, 3.8) is 0 Å². The fourth-order valence-electron chi connectivity index (χ4n) is 3.05. The van der Waals surface area contributed by atoms with Gasteiger partial charge in [0.15, 0.2) is 17.3 Å². The summed E-state index contributed by atoms with van der Waals surface area (Å²) >= 11 is 0. The average Bonchev–Trinajstić information content (AvgIpc) is 2.76. The minimum atomic E-state index is -0.945. The van der Waals surface area contributed by atoms with E-state index in [-0.39, 0.29) is 0 Å². The minimum absolute atomic E-state index is 0.315. The predicted molar refractivity (Wildman–Crippen MR) is 124 cm³/mol. The van der Waals surface area contributed by atoms with Crippen molar-refractivity contribution in [3.8, 4) is 11.5 Å². The van der Waals surface area contributed by atoms with E-state index in [0.717, 1.165) is 11.1 Å². The number of benzene rings is 2. The van der Waals surface area contributed by atoms with E-state index in [1.807, 2.05) is 45.0 Å². The van der Waals surface area contributed by atoms with Crippen LogP contribution in [0.15, 0.2) is 47.7 Å². The third kappa shape index (κ3) is 5.42. The van der Waals surface area contributed by atoms with Crippen molar-refractivity contribution in [1.82, 2.24) is 14.9 Å². The zero-order valence-corrected chi connectivity index (χ0v) is 18.8. The third-order valence-corrected chi connectivity index (χ3v) is 4.80. The van der Waals surface area contributed by atoms with Crippen molar-refractivity contribution in [2.24, 2.45) is 5.10 Å². The first-order chi connectivity index (χ1) is 15.2. The van der Waals surface area contributed by atoms with Crippen molar-refractivity contribution < 1.29 is 19.4 Å². The highest BCUT2D eigenvalue weighted by Crippen LogP contribution is 2.30. The van der Waals surface area contributed by atoms with Gasteiger partial charge in [-0.1, -0.05) is 24.3 Å². The highest BCUT2D eigenvalue weighted by Gasteiger charge is 2.25. The van der Waals surface area contributed by atoms with Crippen molar-refractivity contribution in [2.75, 3.05) is 19.6 Å². The second-order valence-corrected chi connectivity index (χ2v) is 8.10. The van der Waals surface area contributed by atoms with Crippen LogP contribution < -0.4 is 14.9 Å². The van der Waals surface area contributed by atoms with Crippen molar-refractivity contribution in [3.05, 3.63) is 53.7 Å². The van der Waals surface area contributed by atoms with Gasteiger partial charge in [-0.3, -0.25) is 15.3 Å². The molecular weight excluding hydrogens is 410 g/mol. The maximum Gasteiger partial charge on any atom is 0.408 e. The van der Waals surface area contributed by atoms with Gasteiger partial charge >= 0.3 is 6.09 Å². The number of amides is 1. The Labute approximate surface area is 186 Å². The van der Waals surface area contributed by atoms with Gasteiger partial charge in [0.1, 0.15) is 0 Å². The number of carbonyl (C=O) groups is 1. The minimum Gasteiger partial charge on any atom is -0.493 e. The molecule has 3 aromatic rings. The van der Waals surface area contributed by atoms with Crippen LogP contribution in [-0.2, 0) is 6.54 Å². The molecule has 168 valence electrons. The molecule has 0 fully saturated rings. The summed E-state index contributed by atoms with van der Waals surface area (Å²) in [5.74, 6) is 1.65. The van der Waals surface area contributed by atoms with Crippen LogP contribution in [0.2, 0.25) is 0 Å². The highest BCUT2D eigenvalue weighted by atomic mass is 16.5. The number of anilines is 1. The van der Waals surface area contributed by atoms with E-state index in [9.17, 15) is 9.90 Å². The number of hydrazone groups is 1. The van der Waals surface area contributed by atoms with E-state index in [4.69, 9.17) is 9.47 Å². The molecule has 9 nitrogen and oxygen atoms in total. The van der Waals surface area contributed by atoms with Gasteiger partial charge in [-0.25, -0.2) is 9.78 Å². The van der Waals surface area contributed by atoms with E-state index in [1.165, 1.54) is 4.90 Å². The first kappa shape index (κ1) is 22.8. The molecule has 1 heterocycles. The van der Waals surface area contributed by atoms with Gasteiger partial charge < -0.3 is 14.6 Å². The SMILES string of the molecule is COc1cc2ncc(N/N=C/c3ccc(CN(C(=O)O)C(C)(C)C)cc3)nc2cc1OC. The van der Waals surface area contributed by atoms with Crippen LogP contribution in [0.3, 0.4) is 0 Å². The Morgan fingerprint density at radius 3 is 2.31 bits per heavy atom. The molecule has 0 radical (unpaired) electrons. The Morgan fingerprint density at radius 2 is 1.75 bits per heavy atom. The first-order valence-corrected chi connectivity index (χ1v) is 9.98. The fraction of sp³-hybridized carbons (Fsp3) is 0.304. The van der Waals surface area contributed by atoms with Crippen LogP contribution in [-0.4, -0.2) is 52.0 Å². The number of hydrogen-bond acceptors (Lipinski definition) is 7. The van der Waals surface area contributed by atoms with E-state index < -0.39 is 11.6 Å². The normalized spacial score (nSPS) is 11.5. The second-order valence-electron chi connectivity index (χ2n) is 8.10. The molecule has 2 N–H and O–H groups in total. The van der Waals surface area contributed by atoms with Crippen LogP contribution in [0, 0.1) is 0 Å². The number of ether oxygens (including phenoxy) is 2. The average molecular weight is 438 g/mol. The molecule has 0 atom stereocenters. The summed E-state index contributed by atoms with van der Waals surface area (Å²) in [7, 11) is 3.14. The van der Waals surface area contributed by atoms with Gasteiger partial charge in [-0.15, -0.1) is 0 Å². The molecule has 3 rings (SSSR count). The van der Waals surface area contributed by atoms with Crippen LogP contribution in [0.1, 0.15) is 31.9 Å². The number of nitrogens with zero attached hydrogens (tertiary/aromatic N) is 4. The molecule has 0 bridgehead atoms. The second kappa shape index (κ2) is 9.51. The smallest absolute Gasteiger partial charge is 0.408 e. The molecule has 0 saturated carbocycles. The number of methoxy groups -OCH3 is 2. The van der Waals surface area contributed by atoms with Crippen LogP contribution in [0.4, 0.5) is 10.6 Å². The maximum absolute atomic E-state index is 11.5. The zero-order valence-electron chi connectivity index (χ0n) is 18.8. The topological polar surface area (TPSA) is 109 Å². The van der Waals surface area contributed by atoms with Gasteiger partial charge in [0.2, 0.25) is 0 Å². The van der Waals surface area contributed by atoms with Gasteiger partial charge in [-0.2, -0.15) is 5.10 Å². The largest absolute Gasteiger partial charge is 0.493 e. The van der Waals surface area contributed by atoms with Crippen molar-refractivity contribution >= 4 is 29.2 Å². The number of carboxylic acid groups (broad SMARTS) is 1. The lowest BCUT2D eigenvalue weighted by molar-refractivity contribution is 0.0955. The molecule has 0 saturated heterocycles. The molecule has 0 unspecified atom stereocenters. The molecule has 0 aliphatic carbocycles. The van der Waals surface area contributed by atoms with Gasteiger partial charge in [0, 0.05) is 24.2 Å². The highest BCUT2D eigenvalue weighted by molar-refractivity contribution is 5.81. The Hall–Kier alpha value is -3.88. The van der Waals surface area contributed by atoms with E-state index in [0.29, 0.717) is 34.9 Å². The fourth-order valence-corrected chi connectivity index (χ4v) is 3.05. The zero-order chi connectivity index (χ0) is 23.3. The van der Waals surface area contributed by atoms with E-state index in [1.54, 1.807) is 38.8 Å². The summed E-state index contributed by atoms with van der Waals surface area (Å²) in [5, 5.41) is 13.7. The Balaban J connectivity index is 1.68. The maximum atomic E-state index is 11.5. The molecule has 9 heteroatoms. The molecule has 0 aliphatic rings. The predicted octanol–water partition coefficient (Wildman–Crippen LogP) is 4.37. The number of nitrogens with one attached hydrogen (secondary N) is 1. The monoisotopic (exact) mass is 437 g/mol. The van der Waals surface area contributed by atoms with Crippen LogP contribution in [0.25, 0.3) is 11.0 Å². The molecule has 2 aromatic carbocycles. The standard InChI is InChI=1S/C23H27N5O4/c1-23(2,3)28(22(29)30)14-16-8-6-15(7-9-16)12-25-27-21-13-24-17-10-19(31-4)20(32-5)11-18(17)26-21/h6-13H,14H2,1-5H3,(H,26,27)(H,29,30)/b25-12+.